The molecule has 3 amide bonds. The van der Waals surface area contributed by atoms with Crippen LogP contribution in [0.25, 0.3) is 10.4 Å². The maximum absolute atomic E-state index is 12.5. The van der Waals surface area contributed by atoms with Crippen molar-refractivity contribution in [3.8, 4) is 16.2 Å². The van der Waals surface area contributed by atoms with Gasteiger partial charge in [0.05, 0.1) is 11.9 Å². The maximum Gasteiger partial charge on any atom is 0.323 e. The lowest BCUT2D eigenvalue weighted by Crippen LogP contribution is -2.32. The molecular formula is C25H27N3O4S2. The van der Waals surface area contributed by atoms with Gasteiger partial charge in [0, 0.05) is 27.5 Å². The molecule has 1 aliphatic heterocycles. The number of thiophene rings is 1. The van der Waals surface area contributed by atoms with Crippen molar-refractivity contribution in [2.75, 3.05) is 23.5 Å². The number of carbonyl (C=O) groups is 2. The molecule has 1 aliphatic rings. The number of ether oxygens (including phenoxy) is 1. The summed E-state index contributed by atoms with van der Waals surface area (Å²) in [7, 11) is 1.60. The minimum Gasteiger partial charge on any atom is -0.497 e. The third-order valence-electron chi connectivity index (χ3n) is 5.73. The molecule has 9 heteroatoms. The first kappa shape index (κ1) is 24.1. The van der Waals surface area contributed by atoms with Gasteiger partial charge in [-0.2, -0.15) is 0 Å². The van der Waals surface area contributed by atoms with Crippen LogP contribution in [0.1, 0.15) is 30.6 Å². The van der Waals surface area contributed by atoms with Crippen molar-refractivity contribution in [3.63, 3.8) is 0 Å². The van der Waals surface area contributed by atoms with Gasteiger partial charge in [-0.1, -0.05) is 18.6 Å². The van der Waals surface area contributed by atoms with E-state index >= 15 is 0 Å². The Morgan fingerprint density at radius 2 is 1.82 bits per heavy atom. The molecule has 0 unspecified atom stereocenters. The minimum atomic E-state index is -0.363. The van der Waals surface area contributed by atoms with Gasteiger partial charge < -0.3 is 15.4 Å². The Morgan fingerprint density at radius 3 is 2.53 bits per heavy atom. The van der Waals surface area contributed by atoms with Crippen LogP contribution in [0.4, 0.5) is 16.2 Å². The van der Waals surface area contributed by atoms with Gasteiger partial charge in [-0.05, 0) is 72.7 Å². The van der Waals surface area contributed by atoms with Gasteiger partial charge in [-0.3, -0.25) is 10.0 Å². The number of rotatable bonds is 7. The molecule has 0 radical (unpaired) electrons. The summed E-state index contributed by atoms with van der Waals surface area (Å²) in [5, 5.41) is 14.8. The Balaban J connectivity index is 1.48. The number of anilines is 2. The first-order valence-corrected chi connectivity index (χ1v) is 12.8. The number of methoxy groups -OCH3 is 1. The molecule has 34 heavy (non-hydrogen) atoms. The van der Waals surface area contributed by atoms with Crippen molar-refractivity contribution in [1.29, 1.82) is 0 Å². The van der Waals surface area contributed by atoms with Crippen LogP contribution in [0.2, 0.25) is 0 Å². The van der Waals surface area contributed by atoms with Crippen molar-refractivity contribution in [1.82, 2.24) is 5.48 Å². The SMILES string of the molecule is COc1ccc(NC(=O)Nc2cccc(-c3ccc([C@@]4(CC(=O)NO)CCCCS4)s3)c2)cc1. The summed E-state index contributed by atoms with van der Waals surface area (Å²) >= 11 is 3.45. The molecule has 2 heterocycles. The summed E-state index contributed by atoms with van der Waals surface area (Å²) < 4.78 is 4.82. The van der Waals surface area contributed by atoms with Crippen LogP contribution in [0.5, 0.6) is 5.75 Å². The van der Waals surface area contributed by atoms with E-state index in [4.69, 9.17) is 9.94 Å². The summed E-state index contributed by atoms with van der Waals surface area (Å²) in [5.74, 6) is 1.35. The number of hydroxylamine groups is 1. The van der Waals surface area contributed by atoms with Crippen LogP contribution < -0.4 is 20.9 Å². The fraction of sp³-hybridized carbons (Fsp3) is 0.280. The van der Waals surface area contributed by atoms with E-state index in [0.717, 1.165) is 46.1 Å². The van der Waals surface area contributed by atoms with E-state index in [1.54, 1.807) is 60.0 Å². The standard InChI is InChI=1S/C25H27N3O4S2/c1-32-20-9-7-18(8-10-20)26-24(30)27-19-6-4-5-17(15-19)21-11-12-22(34-21)25(16-23(29)28-31)13-2-3-14-33-25/h4-12,15,31H,2-3,13-14,16H2,1H3,(H,28,29)(H2,26,27,30)/t25-/m0/s1. The first-order chi connectivity index (χ1) is 16.5. The van der Waals surface area contributed by atoms with Crippen LogP contribution in [-0.2, 0) is 9.54 Å². The zero-order valence-corrected chi connectivity index (χ0v) is 20.4. The van der Waals surface area contributed by atoms with Crippen LogP contribution in [0.3, 0.4) is 0 Å². The summed E-state index contributed by atoms with van der Waals surface area (Å²) in [6.45, 7) is 0. The molecule has 178 valence electrons. The monoisotopic (exact) mass is 497 g/mol. The van der Waals surface area contributed by atoms with Gasteiger partial charge in [-0.25, -0.2) is 10.3 Å². The highest BCUT2D eigenvalue weighted by Gasteiger charge is 2.38. The molecule has 7 nitrogen and oxygen atoms in total. The molecule has 3 aromatic rings. The Labute approximate surface area is 206 Å². The fourth-order valence-electron chi connectivity index (χ4n) is 4.03. The number of urea groups is 1. The Bertz CT molecular complexity index is 1140. The van der Waals surface area contributed by atoms with Gasteiger partial charge in [-0.15, -0.1) is 23.1 Å². The van der Waals surface area contributed by atoms with E-state index in [1.165, 1.54) is 0 Å². The average Bonchev–Trinajstić information content (AvgIpc) is 3.36. The molecule has 4 N–H and O–H groups in total. The average molecular weight is 498 g/mol. The predicted molar refractivity (Wildman–Crippen MR) is 138 cm³/mol. The van der Waals surface area contributed by atoms with Crippen molar-refractivity contribution in [2.24, 2.45) is 0 Å². The number of hydrogen-bond donors (Lipinski definition) is 4. The second-order valence-corrected chi connectivity index (χ2v) is 10.6. The minimum absolute atomic E-state index is 0.251. The van der Waals surface area contributed by atoms with E-state index in [1.807, 2.05) is 24.3 Å². The van der Waals surface area contributed by atoms with E-state index in [9.17, 15) is 9.59 Å². The zero-order chi connectivity index (χ0) is 24.0. The number of hydrogen-bond acceptors (Lipinski definition) is 6. The van der Waals surface area contributed by atoms with Gasteiger partial charge in [0.25, 0.3) is 0 Å². The molecule has 1 atom stereocenters. The van der Waals surface area contributed by atoms with Crippen molar-refractivity contribution in [3.05, 3.63) is 65.5 Å². The molecule has 4 rings (SSSR count). The molecule has 1 saturated heterocycles. The zero-order valence-electron chi connectivity index (χ0n) is 18.8. The molecule has 1 aromatic heterocycles. The van der Waals surface area contributed by atoms with Gasteiger partial charge in [0.2, 0.25) is 5.91 Å². The van der Waals surface area contributed by atoms with Gasteiger partial charge >= 0.3 is 6.03 Å². The van der Waals surface area contributed by atoms with E-state index in [0.29, 0.717) is 11.4 Å². The second kappa shape index (κ2) is 10.9. The fourth-order valence-corrected chi connectivity index (χ4v) is 6.92. The van der Waals surface area contributed by atoms with Crippen molar-refractivity contribution in [2.45, 2.75) is 30.4 Å². The number of nitrogens with one attached hydrogen (secondary N) is 3. The Hall–Kier alpha value is -3.01. The highest BCUT2D eigenvalue weighted by molar-refractivity contribution is 8.00. The highest BCUT2D eigenvalue weighted by Crippen LogP contribution is 2.50. The Kier molecular flexibility index (Phi) is 7.77. The molecule has 0 aliphatic carbocycles. The smallest absolute Gasteiger partial charge is 0.323 e. The van der Waals surface area contributed by atoms with Gasteiger partial charge in [0.1, 0.15) is 5.75 Å². The molecule has 1 fully saturated rings. The molecular weight excluding hydrogens is 470 g/mol. The summed E-state index contributed by atoms with van der Waals surface area (Å²) in [5.41, 5.74) is 4.13. The summed E-state index contributed by atoms with van der Waals surface area (Å²) in [6.07, 6.45) is 3.35. The molecule has 0 bridgehead atoms. The van der Waals surface area contributed by atoms with Crippen molar-refractivity contribution < 1.29 is 19.5 Å². The number of amides is 3. The van der Waals surface area contributed by atoms with Gasteiger partial charge in [0.15, 0.2) is 0 Å². The normalized spacial score (nSPS) is 17.6. The second-order valence-electron chi connectivity index (χ2n) is 8.06. The highest BCUT2D eigenvalue weighted by atomic mass is 32.2. The van der Waals surface area contributed by atoms with E-state index < -0.39 is 0 Å². The Morgan fingerprint density at radius 1 is 1.03 bits per heavy atom. The largest absolute Gasteiger partial charge is 0.497 e. The number of thioether (sulfide) groups is 1. The number of carbonyl (C=O) groups excluding carboxylic acids is 2. The predicted octanol–water partition coefficient (Wildman–Crippen LogP) is 6.08. The third kappa shape index (κ3) is 5.72. The van der Waals surface area contributed by atoms with Crippen LogP contribution >= 0.6 is 23.1 Å². The lowest BCUT2D eigenvalue weighted by atomic mass is 9.94. The molecule has 0 spiro atoms. The van der Waals surface area contributed by atoms with Crippen molar-refractivity contribution >= 4 is 46.4 Å². The third-order valence-corrected chi connectivity index (χ3v) is 8.81. The molecule has 0 saturated carbocycles. The van der Waals surface area contributed by atoms with E-state index in [-0.39, 0.29) is 23.1 Å². The van der Waals surface area contributed by atoms with E-state index in [2.05, 4.69) is 22.8 Å². The maximum atomic E-state index is 12.5. The summed E-state index contributed by atoms with van der Waals surface area (Å²) in [6, 6.07) is 18.6. The van der Waals surface area contributed by atoms with Crippen LogP contribution in [0, 0.1) is 0 Å². The van der Waals surface area contributed by atoms with Crippen LogP contribution in [0.15, 0.2) is 60.7 Å². The first-order valence-electron chi connectivity index (χ1n) is 11.0. The lowest BCUT2D eigenvalue weighted by Gasteiger charge is -2.35. The molecule has 2 aromatic carbocycles. The topological polar surface area (TPSA) is 99.7 Å². The number of benzene rings is 2. The lowest BCUT2D eigenvalue weighted by molar-refractivity contribution is -0.129. The quantitative estimate of drug-likeness (QED) is 0.234. The van der Waals surface area contributed by atoms with Crippen LogP contribution in [-0.4, -0.2) is 30.0 Å². The summed E-state index contributed by atoms with van der Waals surface area (Å²) in [4.78, 5) is 26.7.